The lowest BCUT2D eigenvalue weighted by Gasteiger charge is -2.33. The molecule has 1 nitrogen and oxygen atoms in total. The molecule has 0 saturated heterocycles. The Kier molecular flexibility index (Phi) is 2.67. The fraction of sp³-hybridized carbons (Fsp3) is 0.467. The molecule has 1 aromatic rings. The van der Waals surface area contributed by atoms with E-state index in [4.69, 9.17) is 5.73 Å². The molecule has 1 aromatic carbocycles. The van der Waals surface area contributed by atoms with Gasteiger partial charge in [-0.1, -0.05) is 55.8 Å². The highest BCUT2D eigenvalue weighted by atomic mass is 14.9. The van der Waals surface area contributed by atoms with E-state index in [0.29, 0.717) is 0 Å². The number of nitrogens with two attached hydrogens (primary N) is 1. The maximum absolute atomic E-state index is 6.34. The summed E-state index contributed by atoms with van der Waals surface area (Å²) in [5.74, 6) is 0. The van der Waals surface area contributed by atoms with Crippen LogP contribution in [-0.2, 0) is 0 Å². The molecule has 0 amide bonds. The van der Waals surface area contributed by atoms with Gasteiger partial charge in [0.2, 0.25) is 0 Å². The number of rotatable bonds is 3. The van der Waals surface area contributed by atoms with Gasteiger partial charge in [-0.2, -0.15) is 0 Å². The second-order valence-corrected chi connectivity index (χ2v) is 5.52. The standard InChI is InChI=1S/C15H21N/c1-12(11-13-7-5-4-6-8-13)14(2,3)15(16)9-10-15/h4-8,11H,9-10,16H2,1-3H3/b12-11+. The summed E-state index contributed by atoms with van der Waals surface area (Å²) in [5.41, 5.74) is 9.10. The SMILES string of the molecule is C/C(=C\c1ccccc1)C(C)(C)C1(N)CC1. The van der Waals surface area contributed by atoms with E-state index in [0.717, 1.165) is 12.8 Å². The summed E-state index contributed by atoms with van der Waals surface area (Å²) >= 11 is 0. The molecule has 1 saturated carbocycles. The zero-order valence-electron chi connectivity index (χ0n) is 10.5. The Labute approximate surface area is 98.4 Å². The maximum Gasteiger partial charge on any atom is 0.0245 e. The van der Waals surface area contributed by atoms with Crippen molar-refractivity contribution in [3.05, 3.63) is 41.5 Å². The molecule has 1 heteroatoms. The molecule has 0 bridgehead atoms. The van der Waals surface area contributed by atoms with Crippen LogP contribution in [0, 0.1) is 5.41 Å². The zero-order chi connectivity index (χ0) is 11.8. The van der Waals surface area contributed by atoms with Crippen LogP contribution in [0.5, 0.6) is 0 Å². The predicted octanol–water partition coefficient (Wildman–Crippen LogP) is 3.61. The highest BCUT2D eigenvalue weighted by molar-refractivity contribution is 5.54. The van der Waals surface area contributed by atoms with Crippen LogP contribution in [-0.4, -0.2) is 5.54 Å². The Morgan fingerprint density at radius 3 is 2.31 bits per heavy atom. The van der Waals surface area contributed by atoms with Crippen LogP contribution < -0.4 is 5.73 Å². The fourth-order valence-corrected chi connectivity index (χ4v) is 2.13. The molecule has 0 unspecified atom stereocenters. The molecule has 2 N–H and O–H groups in total. The van der Waals surface area contributed by atoms with E-state index < -0.39 is 0 Å². The van der Waals surface area contributed by atoms with Gasteiger partial charge < -0.3 is 5.73 Å². The van der Waals surface area contributed by atoms with Gasteiger partial charge >= 0.3 is 0 Å². The van der Waals surface area contributed by atoms with Crippen molar-refractivity contribution in [1.29, 1.82) is 0 Å². The van der Waals surface area contributed by atoms with E-state index in [-0.39, 0.29) is 11.0 Å². The first-order valence-corrected chi connectivity index (χ1v) is 5.98. The highest BCUT2D eigenvalue weighted by Gasteiger charge is 2.51. The summed E-state index contributed by atoms with van der Waals surface area (Å²) in [6.07, 6.45) is 4.56. The fourth-order valence-electron chi connectivity index (χ4n) is 2.13. The lowest BCUT2D eigenvalue weighted by Crippen LogP contribution is -2.40. The first kappa shape index (κ1) is 11.4. The van der Waals surface area contributed by atoms with E-state index in [1.54, 1.807) is 0 Å². The lowest BCUT2D eigenvalue weighted by atomic mass is 9.75. The van der Waals surface area contributed by atoms with Crippen LogP contribution in [0.4, 0.5) is 0 Å². The zero-order valence-corrected chi connectivity index (χ0v) is 10.5. The van der Waals surface area contributed by atoms with Gasteiger partial charge in [-0.3, -0.25) is 0 Å². The Bertz CT molecular complexity index is 397. The Balaban J connectivity index is 2.25. The molecule has 86 valence electrons. The second-order valence-electron chi connectivity index (χ2n) is 5.52. The van der Waals surface area contributed by atoms with Crippen LogP contribution in [0.3, 0.4) is 0 Å². The summed E-state index contributed by atoms with van der Waals surface area (Å²) in [7, 11) is 0. The monoisotopic (exact) mass is 215 g/mol. The number of benzene rings is 1. The van der Waals surface area contributed by atoms with E-state index >= 15 is 0 Å². The normalized spacial score (nSPS) is 19.6. The summed E-state index contributed by atoms with van der Waals surface area (Å²) in [4.78, 5) is 0. The highest BCUT2D eigenvalue weighted by Crippen LogP contribution is 2.51. The van der Waals surface area contributed by atoms with E-state index in [1.165, 1.54) is 11.1 Å². The van der Waals surface area contributed by atoms with Crippen molar-refractivity contribution in [2.75, 3.05) is 0 Å². The molecule has 1 aliphatic rings. The minimum atomic E-state index is 0.0301. The largest absolute Gasteiger partial charge is 0.324 e. The molecule has 2 rings (SSSR count). The average Bonchev–Trinajstić information content (AvgIpc) is 2.99. The van der Waals surface area contributed by atoms with Gasteiger partial charge in [-0.15, -0.1) is 0 Å². The van der Waals surface area contributed by atoms with Gasteiger partial charge in [0, 0.05) is 11.0 Å². The van der Waals surface area contributed by atoms with Crippen molar-refractivity contribution in [3.8, 4) is 0 Å². The first-order valence-electron chi connectivity index (χ1n) is 5.98. The van der Waals surface area contributed by atoms with Gasteiger partial charge in [0.15, 0.2) is 0 Å². The van der Waals surface area contributed by atoms with E-state index in [2.05, 4.69) is 51.1 Å². The number of hydrogen-bond donors (Lipinski definition) is 1. The van der Waals surface area contributed by atoms with Crippen LogP contribution in [0.25, 0.3) is 6.08 Å². The van der Waals surface area contributed by atoms with Crippen LogP contribution in [0.1, 0.15) is 39.2 Å². The van der Waals surface area contributed by atoms with Gasteiger partial charge in [0.1, 0.15) is 0 Å². The molecule has 0 heterocycles. The molecule has 0 atom stereocenters. The molecule has 0 radical (unpaired) electrons. The Hall–Kier alpha value is -1.08. The summed E-state index contributed by atoms with van der Waals surface area (Å²) in [6, 6.07) is 10.5. The minimum absolute atomic E-state index is 0.0301. The van der Waals surface area contributed by atoms with Crippen molar-refractivity contribution in [2.24, 2.45) is 11.1 Å². The molecule has 1 fully saturated rings. The predicted molar refractivity (Wildman–Crippen MR) is 70.0 cm³/mol. The lowest BCUT2D eigenvalue weighted by molar-refractivity contribution is 0.330. The number of hydrogen-bond acceptors (Lipinski definition) is 1. The van der Waals surface area contributed by atoms with Gasteiger partial charge in [-0.05, 0) is 25.3 Å². The smallest absolute Gasteiger partial charge is 0.0245 e. The summed E-state index contributed by atoms with van der Waals surface area (Å²) in [5, 5.41) is 0. The van der Waals surface area contributed by atoms with E-state index in [9.17, 15) is 0 Å². The summed E-state index contributed by atoms with van der Waals surface area (Å²) < 4.78 is 0. The minimum Gasteiger partial charge on any atom is -0.324 e. The van der Waals surface area contributed by atoms with Crippen LogP contribution in [0.2, 0.25) is 0 Å². The van der Waals surface area contributed by atoms with E-state index in [1.807, 2.05) is 6.07 Å². The molecule has 0 aromatic heterocycles. The average molecular weight is 215 g/mol. The van der Waals surface area contributed by atoms with Gasteiger partial charge in [0.05, 0.1) is 0 Å². The Morgan fingerprint density at radius 1 is 1.25 bits per heavy atom. The van der Waals surface area contributed by atoms with Crippen molar-refractivity contribution in [1.82, 2.24) is 0 Å². The Morgan fingerprint density at radius 2 is 1.81 bits per heavy atom. The third-order valence-electron chi connectivity index (χ3n) is 4.20. The van der Waals surface area contributed by atoms with Crippen molar-refractivity contribution in [2.45, 2.75) is 39.2 Å². The van der Waals surface area contributed by atoms with Crippen LogP contribution in [0.15, 0.2) is 35.9 Å². The van der Waals surface area contributed by atoms with Crippen molar-refractivity contribution in [3.63, 3.8) is 0 Å². The molecular formula is C15H21N. The molecular weight excluding hydrogens is 194 g/mol. The third kappa shape index (κ3) is 1.92. The molecule has 0 aliphatic heterocycles. The van der Waals surface area contributed by atoms with Gasteiger partial charge in [0.25, 0.3) is 0 Å². The van der Waals surface area contributed by atoms with Crippen molar-refractivity contribution < 1.29 is 0 Å². The topological polar surface area (TPSA) is 26.0 Å². The quantitative estimate of drug-likeness (QED) is 0.819. The third-order valence-corrected chi connectivity index (χ3v) is 4.20. The van der Waals surface area contributed by atoms with Gasteiger partial charge in [-0.25, -0.2) is 0 Å². The summed E-state index contributed by atoms with van der Waals surface area (Å²) in [6.45, 7) is 6.71. The molecule has 0 spiro atoms. The van der Waals surface area contributed by atoms with Crippen LogP contribution >= 0.6 is 0 Å². The maximum atomic E-state index is 6.34. The molecule has 16 heavy (non-hydrogen) atoms. The first-order chi connectivity index (χ1) is 7.46. The van der Waals surface area contributed by atoms with Crippen molar-refractivity contribution >= 4 is 6.08 Å². The second kappa shape index (κ2) is 3.74. The molecule has 1 aliphatic carbocycles.